The van der Waals surface area contributed by atoms with Gasteiger partial charge in [0.25, 0.3) is 0 Å². The van der Waals surface area contributed by atoms with Crippen LogP contribution in [-0.2, 0) is 11.8 Å². The minimum absolute atomic E-state index is 0.101. The number of nitrogens with zero attached hydrogens (tertiary/aromatic N) is 3. The van der Waals surface area contributed by atoms with E-state index in [1.807, 2.05) is 19.1 Å². The van der Waals surface area contributed by atoms with Gasteiger partial charge in [0.2, 0.25) is 0 Å². The van der Waals surface area contributed by atoms with E-state index >= 15 is 0 Å². The molecule has 2 aromatic rings. The van der Waals surface area contributed by atoms with Crippen LogP contribution in [0.4, 0.5) is 5.82 Å². The van der Waals surface area contributed by atoms with Crippen LogP contribution in [0.3, 0.4) is 0 Å². The molecule has 5 heteroatoms. The van der Waals surface area contributed by atoms with Gasteiger partial charge < -0.3 is 0 Å². The lowest BCUT2D eigenvalue weighted by Crippen LogP contribution is -2.21. The summed E-state index contributed by atoms with van der Waals surface area (Å²) in [6.07, 6.45) is 2.98. The number of rotatable bonds is 7. The smallest absolute Gasteiger partial charge is 0.168 e. The Morgan fingerprint density at radius 2 is 2.00 bits per heavy atom. The van der Waals surface area contributed by atoms with Crippen LogP contribution in [0.5, 0.6) is 0 Å². The summed E-state index contributed by atoms with van der Waals surface area (Å²) < 4.78 is 0. The molecule has 0 saturated heterocycles. The van der Waals surface area contributed by atoms with E-state index in [1.54, 1.807) is 11.3 Å². The van der Waals surface area contributed by atoms with Gasteiger partial charge in [0, 0.05) is 22.4 Å². The third kappa shape index (κ3) is 4.13. The lowest BCUT2D eigenvalue weighted by Gasteiger charge is -2.25. The van der Waals surface area contributed by atoms with Gasteiger partial charge in [-0.3, -0.25) is 5.43 Å². The Morgan fingerprint density at radius 3 is 2.55 bits per heavy atom. The molecule has 2 aromatic heterocycles. The van der Waals surface area contributed by atoms with E-state index in [-0.39, 0.29) is 5.41 Å². The molecule has 0 radical (unpaired) electrons. The topological polar surface area (TPSA) is 50.2 Å². The van der Waals surface area contributed by atoms with Crippen molar-refractivity contribution < 1.29 is 0 Å². The molecule has 0 spiro atoms. The first-order valence-corrected chi connectivity index (χ1v) is 8.61. The second kappa shape index (κ2) is 7.49. The van der Waals surface area contributed by atoms with E-state index in [4.69, 9.17) is 0 Å². The summed E-state index contributed by atoms with van der Waals surface area (Å²) >= 11 is 1.75. The lowest BCUT2D eigenvalue weighted by atomic mass is 9.81. The van der Waals surface area contributed by atoms with Crippen LogP contribution in [0.25, 0.3) is 0 Å². The Bertz CT molecular complexity index is 598. The standard InChI is InChI=1S/C17H24N4S/c1-5-17(4,6-2)15-9-10-16(21-19-15)20-18-13(3)12-14-8-7-11-22-14/h7-11H,5-6,12H2,1-4H3,(H,20,21). The average Bonchev–Trinajstić information content (AvgIpc) is 3.05. The van der Waals surface area contributed by atoms with E-state index in [1.165, 1.54) is 4.88 Å². The zero-order valence-electron chi connectivity index (χ0n) is 13.8. The summed E-state index contributed by atoms with van der Waals surface area (Å²) in [7, 11) is 0. The number of hydrogen-bond donors (Lipinski definition) is 1. The molecule has 0 unspecified atom stereocenters. The zero-order valence-corrected chi connectivity index (χ0v) is 14.6. The molecule has 4 nitrogen and oxygen atoms in total. The molecule has 118 valence electrons. The minimum atomic E-state index is 0.101. The largest absolute Gasteiger partial charge is 0.260 e. The van der Waals surface area contributed by atoms with E-state index in [9.17, 15) is 0 Å². The maximum absolute atomic E-state index is 4.37. The fraction of sp³-hybridized carbons (Fsp3) is 0.471. The van der Waals surface area contributed by atoms with Crippen molar-refractivity contribution in [2.45, 2.75) is 52.4 Å². The molecule has 0 aliphatic rings. The Labute approximate surface area is 136 Å². The highest BCUT2D eigenvalue weighted by molar-refractivity contribution is 7.10. The summed E-state index contributed by atoms with van der Waals surface area (Å²) in [5.41, 5.74) is 5.16. The van der Waals surface area contributed by atoms with Gasteiger partial charge in [0.15, 0.2) is 5.82 Å². The molecule has 2 heterocycles. The third-order valence-electron chi connectivity index (χ3n) is 4.22. The first kappa shape index (κ1) is 16.6. The van der Waals surface area contributed by atoms with Crippen molar-refractivity contribution in [3.63, 3.8) is 0 Å². The maximum Gasteiger partial charge on any atom is 0.168 e. The predicted molar refractivity (Wildman–Crippen MR) is 94.7 cm³/mol. The number of hydrazone groups is 1. The molecule has 22 heavy (non-hydrogen) atoms. The molecule has 0 atom stereocenters. The van der Waals surface area contributed by atoms with Crippen LogP contribution in [0.15, 0.2) is 34.7 Å². The number of nitrogens with one attached hydrogen (secondary N) is 1. The summed E-state index contributed by atoms with van der Waals surface area (Å²) in [5.74, 6) is 0.684. The fourth-order valence-corrected chi connectivity index (χ4v) is 2.96. The van der Waals surface area contributed by atoms with Crippen LogP contribution in [0.1, 0.15) is 51.1 Å². The Morgan fingerprint density at radius 1 is 1.23 bits per heavy atom. The first-order valence-electron chi connectivity index (χ1n) is 7.73. The highest BCUT2D eigenvalue weighted by Crippen LogP contribution is 2.29. The second-order valence-corrected chi connectivity index (χ2v) is 6.82. The molecule has 1 N–H and O–H groups in total. The van der Waals surface area contributed by atoms with Crippen LogP contribution in [-0.4, -0.2) is 15.9 Å². The van der Waals surface area contributed by atoms with Crippen molar-refractivity contribution in [2.75, 3.05) is 5.43 Å². The number of aromatic nitrogens is 2. The predicted octanol–water partition coefficient (Wildman–Crippen LogP) is 4.65. The number of hydrogen-bond acceptors (Lipinski definition) is 5. The van der Waals surface area contributed by atoms with E-state index in [0.29, 0.717) is 5.82 Å². The molecule has 2 rings (SSSR count). The van der Waals surface area contributed by atoms with Crippen molar-refractivity contribution in [3.05, 3.63) is 40.2 Å². The maximum atomic E-state index is 4.37. The van der Waals surface area contributed by atoms with Gasteiger partial charge in [0.05, 0.1) is 5.69 Å². The highest BCUT2D eigenvalue weighted by Gasteiger charge is 2.24. The number of anilines is 1. The van der Waals surface area contributed by atoms with Crippen molar-refractivity contribution in [3.8, 4) is 0 Å². The summed E-state index contributed by atoms with van der Waals surface area (Å²) in [4.78, 5) is 1.31. The summed E-state index contributed by atoms with van der Waals surface area (Å²) in [6.45, 7) is 8.62. The van der Waals surface area contributed by atoms with Gasteiger partial charge in [-0.05, 0) is 43.3 Å². The summed E-state index contributed by atoms with van der Waals surface area (Å²) in [5, 5.41) is 15.1. The van der Waals surface area contributed by atoms with Crippen LogP contribution in [0.2, 0.25) is 0 Å². The van der Waals surface area contributed by atoms with Crippen molar-refractivity contribution in [2.24, 2.45) is 5.10 Å². The molecule has 0 saturated carbocycles. The molecule has 0 aliphatic heterocycles. The monoisotopic (exact) mass is 316 g/mol. The molecule has 0 bridgehead atoms. The molecule has 0 aliphatic carbocycles. The quantitative estimate of drug-likeness (QED) is 0.597. The van der Waals surface area contributed by atoms with Gasteiger partial charge in [-0.2, -0.15) is 10.2 Å². The first-order chi connectivity index (χ1) is 10.6. The Hall–Kier alpha value is -1.75. The molecular weight excluding hydrogens is 292 g/mol. The molecule has 0 aromatic carbocycles. The van der Waals surface area contributed by atoms with Crippen molar-refractivity contribution in [1.82, 2.24) is 10.2 Å². The second-order valence-electron chi connectivity index (χ2n) is 5.79. The van der Waals surface area contributed by atoms with Crippen molar-refractivity contribution >= 4 is 22.9 Å². The lowest BCUT2D eigenvalue weighted by molar-refractivity contribution is 0.421. The Kier molecular flexibility index (Phi) is 5.66. The summed E-state index contributed by atoms with van der Waals surface area (Å²) in [6, 6.07) is 8.18. The van der Waals surface area contributed by atoms with E-state index < -0.39 is 0 Å². The van der Waals surface area contributed by atoms with Crippen LogP contribution < -0.4 is 5.43 Å². The van der Waals surface area contributed by atoms with Crippen molar-refractivity contribution in [1.29, 1.82) is 0 Å². The van der Waals surface area contributed by atoms with Crippen LogP contribution in [0, 0.1) is 0 Å². The fourth-order valence-electron chi connectivity index (χ4n) is 2.18. The van der Waals surface area contributed by atoms with Gasteiger partial charge >= 0.3 is 0 Å². The SMILES string of the molecule is CCC(C)(CC)c1ccc(NN=C(C)Cc2cccs2)nn1. The number of thiophene rings is 1. The van der Waals surface area contributed by atoms with E-state index in [0.717, 1.165) is 30.7 Å². The minimum Gasteiger partial charge on any atom is -0.260 e. The average molecular weight is 316 g/mol. The van der Waals surface area contributed by atoms with Crippen LogP contribution >= 0.6 is 11.3 Å². The molecular formula is C17H24N4S. The third-order valence-corrected chi connectivity index (χ3v) is 5.09. The highest BCUT2D eigenvalue weighted by atomic mass is 32.1. The van der Waals surface area contributed by atoms with E-state index in [2.05, 4.69) is 59.0 Å². The normalized spacial score (nSPS) is 12.5. The zero-order chi connectivity index (χ0) is 16.0. The van der Waals surface area contributed by atoms with Gasteiger partial charge in [-0.15, -0.1) is 16.4 Å². The molecule has 0 amide bonds. The molecule has 0 fully saturated rings. The Balaban J connectivity index is 1.99. The van der Waals surface area contributed by atoms with Gasteiger partial charge in [-0.1, -0.05) is 26.8 Å². The van der Waals surface area contributed by atoms with Gasteiger partial charge in [0.1, 0.15) is 0 Å². The van der Waals surface area contributed by atoms with Gasteiger partial charge in [-0.25, -0.2) is 0 Å².